The van der Waals surface area contributed by atoms with E-state index in [4.69, 9.17) is 4.42 Å². The van der Waals surface area contributed by atoms with Crippen molar-refractivity contribution in [1.29, 1.82) is 0 Å². The first-order valence-electron chi connectivity index (χ1n) is 6.23. The maximum absolute atomic E-state index is 11.9. The number of nitrogens with one attached hydrogen (secondary N) is 1. The molecule has 0 saturated carbocycles. The number of aryl methyl sites for hydroxylation is 1. The Morgan fingerprint density at radius 1 is 1.48 bits per heavy atom. The highest BCUT2D eigenvalue weighted by Crippen LogP contribution is 2.19. The normalized spacial score (nSPS) is 11.9. The summed E-state index contributed by atoms with van der Waals surface area (Å²) in [6.45, 7) is 1.55. The summed E-state index contributed by atoms with van der Waals surface area (Å²) in [7, 11) is 0. The highest BCUT2D eigenvalue weighted by Gasteiger charge is 2.16. The van der Waals surface area contributed by atoms with Crippen molar-refractivity contribution in [3.63, 3.8) is 0 Å². The Hall–Kier alpha value is -2.67. The van der Waals surface area contributed by atoms with Crippen LogP contribution >= 0.6 is 0 Å². The summed E-state index contributed by atoms with van der Waals surface area (Å²) in [5, 5.41) is 23.1. The average molecular weight is 290 g/mol. The smallest absolute Gasteiger partial charge is 0.273 e. The van der Waals surface area contributed by atoms with Gasteiger partial charge < -0.3 is 14.8 Å². The number of nitro benzene ring substituents is 1. The second kappa shape index (κ2) is 6.19. The molecule has 0 aliphatic rings. The van der Waals surface area contributed by atoms with Gasteiger partial charge in [0.1, 0.15) is 11.9 Å². The Morgan fingerprint density at radius 3 is 2.86 bits per heavy atom. The minimum Gasteiger partial charge on any atom is -0.467 e. The van der Waals surface area contributed by atoms with Gasteiger partial charge in [0.05, 0.1) is 17.7 Å². The van der Waals surface area contributed by atoms with Gasteiger partial charge in [-0.25, -0.2) is 0 Å². The number of rotatable bonds is 5. The number of carbonyl (C=O) groups is 1. The molecule has 0 spiro atoms. The maximum atomic E-state index is 11.9. The molecule has 1 unspecified atom stereocenters. The van der Waals surface area contributed by atoms with Crippen LogP contribution in [0.15, 0.2) is 41.0 Å². The lowest BCUT2D eigenvalue weighted by molar-refractivity contribution is -0.385. The van der Waals surface area contributed by atoms with E-state index in [0.717, 1.165) is 0 Å². The summed E-state index contributed by atoms with van der Waals surface area (Å²) in [5.41, 5.74) is 0.528. The van der Waals surface area contributed by atoms with E-state index in [1.807, 2.05) is 0 Å². The van der Waals surface area contributed by atoms with Gasteiger partial charge in [-0.1, -0.05) is 6.07 Å². The molecule has 1 amide bonds. The highest BCUT2D eigenvalue weighted by molar-refractivity contribution is 5.95. The first kappa shape index (κ1) is 14.7. The van der Waals surface area contributed by atoms with Gasteiger partial charge >= 0.3 is 0 Å². The molecule has 1 aromatic heterocycles. The zero-order valence-corrected chi connectivity index (χ0v) is 11.3. The molecular weight excluding hydrogens is 276 g/mol. The Labute approximate surface area is 120 Å². The van der Waals surface area contributed by atoms with Crippen LogP contribution in [0, 0.1) is 17.0 Å². The summed E-state index contributed by atoms with van der Waals surface area (Å²) < 4.78 is 5.01. The number of amides is 1. The third kappa shape index (κ3) is 3.46. The molecule has 0 aliphatic heterocycles. The van der Waals surface area contributed by atoms with Crippen molar-refractivity contribution in [2.24, 2.45) is 0 Å². The van der Waals surface area contributed by atoms with Crippen molar-refractivity contribution >= 4 is 11.6 Å². The lowest BCUT2D eigenvalue weighted by atomic mass is 10.1. The molecule has 0 saturated heterocycles. The number of benzene rings is 1. The zero-order valence-electron chi connectivity index (χ0n) is 11.3. The Kier molecular flexibility index (Phi) is 4.34. The predicted octanol–water partition coefficient (Wildman–Crippen LogP) is 1.96. The van der Waals surface area contributed by atoms with Crippen molar-refractivity contribution in [3.8, 4) is 0 Å². The monoisotopic (exact) mass is 290 g/mol. The molecule has 0 bridgehead atoms. The van der Waals surface area contributed by atoms with Gasteiger partial charge in [0, 0.05) is 17.2 Å². The van der Waals surface area contributed by atoms with E-state index in [1.54, 1.807) is 19.1 Å². The van der Waals surface area contributed by atoms with Crippen LogP contribution in [0.25, 0.3) is 0 Å². The summed E-state index contributed by atoms with van der Waals surface area (Å²) in [6.07, 6.45) is 0.452. The molecular formula is C14H14N2O5. The van der Waals surface area contributed by atoms with Crippen molar-refractivity contribution in [3.05, 3.63) is 63.6 Å². The fraction of sp³-hybridized carbons (Fsp3) is 0.214. The van der Waals surface area contributed by atoms with Gasteiger partial charge in [0.2, 0.25) is 0 Å². The first-order valence-corrected chi connectivity index (χ1v) is 6.23. The lowest BCUT2D eigenvalue weighted by Crippen LogP contribution is -2.28. The van der Waals surface area contributed by atoms with Crippen LogP contribution < -0.4 is 5.32 Å². The van der Waals surface area contributed by atoms with Crippen LogP contribution in [-0.4, -0.2) is 22.5 Å². The molecule has 0 aliphatic carbocycles. The quantitative estimate of drug-likeness (QED) is 0.646. The maximum Gasteiger partial charge on any atom is 0.273 e. The largest absolute Gasteiger partial charge is 0.467 e. The van der Waals surface area contributed by atoms with Crippen LogP contribution in [0.4, 0.5) is 5.69 Å². The van der Waals surface area contributed by atoms with Gasteiger partial charge in [-0.3, -0.25) is 14.9 Å². The van der Waals surface area contributed by atoms with E-state index < -0.39 is 16.9 Å². The minimum atomic E-state index is -0.968. The van der Waals surface area contributed by atoms with Crippen molar-refractivity contribution in [2.75, 3.05) is 6.54 Å². The number of furan rings is 1. The summed E-state index contributed by atoms with van der Waals surface area (Å²) in [6, 6.07) is 7.44. The molecule has 0 radical (unpaired) electrons. The molecule has 21 heavy (non-hydrogen) atoms. The molecule has 7 nitrogen and oxygen atoms in total. The van der Waals surface area contributed by atoms with Crippen LogP contribution in [0.3, 0.4) is 0 Å². The second-order valence-corrected chi connectivity index (χ2v) is 4.50. The molecule has 1 atom stereocenters. The van der Waals surface area contributed by atoms with Gasteiger partial charge in [0.25, 0.3) is 11.6 Å². The second-order valence-electron chi connectivity index (χ2n) is 4.50. The number of aliphatic hydroxyl groups is 1. The first-order chi connectivity index (χ1) is 9.99. The van der Waals surface area contributed by atoms with E-state index in [0.29, 0.717) is 11.3 Å². The minimum absolute atomic E-state index is 0.0476. The third-order valence-electron chi connectivity index (χ3n) is 3.00. The van der Waals surface area contributed by atoms with Crippen LogP contribution in [0.1, 0.15) is 27.8 Å². The molecule has 2 N–H and O–H groups in total. The Balaban J connectivity index is 2.04. The fourth-order valence-electron chi connectivity index (χ4n) is 1.82. The molecule has 7 heteroatoms. The Morgan fingerprint density at radius 2 is 2.24 bits per heavy atom. The van der Waals surface area contributed by atoms with Crippen LogP contribution in [-0.2, 0) is 0 Å². The molecule has 1 heterocycles. The molecule has 110 valence electrons. The van der Waals surface area contributed by atoms with Gasteiger partial charge in [0.15, 0.2) is 0 Å². The van der Waals surface area contributed by atoms with Gasteiger partial charge in [-0.2, -0.15) is 0 Å². The van der Waals surface area contributed by atoms with E-state index in [9.17, 15) is 20.0 Å². The summed E-state index contributed by atoms with van der Waals surface area (Å²) in [4.78, 5) is 22.2. The number of aliphatic hydroxyl groups excluding tert-OH is 1. The van der Waals surface area contributed by atoms with E-state index >= 15 is 0 Å². The number of nitrogens with zero attached hydrogens (tertiary/aromatic N) is 1. The van der Waals surface area contributed by atoms with Crippen molar-refractivity contribution in [1.82, 2.24) is 5.32 Å². The van der Waals surface area contributed by atoms with Crippen LogP contribution in [0.2, 0.25) is 0 Å². The summed E-state index contributed by atoms with van der Waals surface area (Å²) >= 11 is 0. The van der Waals surface area contributed by atoms with Gasteiger partial charge in [-0.05, 0) is 25.1 Å². The molecule has 2 aromatic rings. The third-order valence-corrected chi connectivity index (χ3v) is 3.00. The van der Waals surface area contributed by atoms with Crippen molar-refractivity contribution < 1.29 is 19.2 Å². The number of nitro groups is 1. The molecule has 2 rings (SSSR count). The van der Waals surface area contributed by atoms with E-state index in [1.165, 1.54) is 24.5 Å². The lowest BCUT2D eigenvalue weighted by Gasteiger charge is -2.09. The van der Waals surface area contributed by atoms with Gasteiger partial charge in [-0.15, -0.1) is 0 Å². The average Bonchev–Trinajstić information content (AvgIpc) is 2.98. The predicted molar refractivity (Wildman–Crippen MR) is 73.8 cm³/mol. The van der Waals surface area contributed by atoms with E-state index in [2.05, 4.69) is 5.32 Å². The molecule has 0 fully saturated rings. The molecule has 1 aromatic carbocycles. The zero-order chi connectivity index (χ0) is 15.4. The van der Waals surface area contributed by atoms with E-state index in [-0.39, 0.29) is 17.8 Å². The number of carbonyl (C=O) groups excluding carboxylic acids is 1. The highest BCUT2D eigenvalue weighted by atomic mass is 16.6. The van der Waals surface area contributed by atoms with Crippen molar-refractivity contribution in [2.45, 2.75) is 13.0 Å². The number of hydrogen-bond acceptors (Lipinski definition) is 5. The standard InChI is InChI=1S/C14H14N2O5/c1-9-4-5-10(7-11(9)16(19)20)14(18)15-8-12(17)13-3-2-6-21-13/h2-7,12,17H,8H2,1H3,(H,15,18). The van der Waals surface area contributed by atoms with Crippen LogP contribution in [0.5, 0.6) is 0 Å². The topological polar surface area (TPSA) is 106 Å². The number of hydrogen-bond donors (Lipinski definition) is 2. The summed E-state index contributed by atoms with van der Waals surface area (Å²) in [5.74, 6) is -0.158. The Bertz CT molecular complexity index is 651. The fourth-order valence-corrected chi connectivity index (χ4v) is 1.82. The SMILES string of the molecule is Cc1ccc(C(=O)NCC(O)c2ccco2)cc1[N+](=O)[O-].